The van der Waals surface area contributed by atoms with Crippen LogP contribution in [0.2, 0.25) is 5.02 Å². The molecule has 1 aromatic carbocycles. The van der Waals surface area contributed by atoms with Gasteiger partial charge in [-0.3, -0.25) is 9.59 Å². The molecule has 3 rings (SSSR count). The fraction of sp³-hybridized carbons (Fsp3) is 0.529. The minimum Gasteiger partial charge on any atom is -0.381 e. The number of hydrogen-bond donors (Lipinski definition) is 3. The van der Waals surface area contributed by atoms with E-state index in [1.54, 1.807) is 18.2 Å². The number of anilines is 1. The Labute approximate surface area is 146 Å². The second-order valence-electron chi connectivity index (χ2n) is 6.41. The maximum atomic E-state index is 12.4. The highest BCUT2D eigenvalue weighted by Crippen LogP contribution is 2.24. The van der Waals surface area contributed by atoms with E-state index in [4.69, 9.17) is 22.1 Å². The number of carbonyl (C=O) groups is 2. The number of nitrogens with two attached hydrogens (primary N) is 1. The number of nitrogens with one attached hydrogen (secondary N) is 2. The van der Waals surface area contributed by atoms with Crippen molar-refractivity contribution in [2.75, 3.05) is 18.5 Å². The molecule has 2 aliphatic rings. The molecule has 0 radical (unpaired) electrons. The quantitative estimate of drug-likeness (QED) is 0.755. The van der Waals surface area contributed by atoms with Crippen molar-refractivity contribution in [3.8, 4) is 0 Å². The van der Waals surface area contributed by atoms with Crippen LogP contribution in [0, 0.1) is 5.92 Å². The van der Waals surface area contributed by atoms with Gasteiger partial charge in [-0.15, -0.1) is 0 Å². The molecule has 7 heteroatoms. The Morgan fingerprint density at radius 2 is 1.92 bits per heavy atom. The monoisotopic (exact) mass is 351 g/mol. The summed E-state index contributed by atoms with van der Waals surface area (Å²) in [7, 11) is 0. The van der Waals surface area contributed by atoms with Crippen molar-refractivity contribution in [3.05, 3.63) is 28.8 Å². The van der Waals surface area contributed by atoms with Gasteiger partial charge in [0, 0.05) is 24.9 Å². The van der Waals surface area contributed by atoms with Crippen molar-refractivity contribution in [1.82, 2.24) is 5.32 Å². The SMILES string of the molecule is NC(C(=O)Nc1ccc(Cl)c(C(=O)NC2CC2)c1)C1CCOCC1. The molecule has 0 spiro atoms. The summed E-state index contributed by atoms with van der Waals surface area (Å²) in [4.78, 5) is 24.5. The molecule has 1 aromatic rings. The molecule has 1 atom stereocenters. The number of ether oxygens (including phenoxy) is 1. The zero-order chi connectivity index (χ0) is 17.1. The normalized spacial score (nSPS) is 19.6. The van der Waals surface area contributed by atoms with E-state index in [2.05, 4.69) is 10.6 Å². The summed E-state index contributed by atoms with van der Waals surface area (Å²) < 4.78 is 5.29. The molecule has 4 N–H and O–H groups in total. The summed E-state index contributed by atoms with van der Waals surface area (Å²) in [6, 6.07) is 4.53. The molecule has 130 valence electrons. The van der Waals surface area contributed by atoms with Crippen LogP contribution in [-0.4, -0.2) is 37.1 Å². The molecule has 1 aliphatic carbocycles. The number of halogens is 1. The zero-order valence-corrected chi connectivity index (χ0v) is 14.1. The maximum absolute atomic E-state index is 12.4. The molecular weight excluding hydrogens is 330 g/mol. The smallest absolute Gasteiger partial charge is 0.253 e. The molecule has 2 amide bonds. The Morgan fingerprint density at radius 3 is 2.58 bits per heavy atom. The van der Waals surface area contributed by atoms with Gasteiger partial charge in [-0.05, 0) is 49.8 Å². The van der Waals surface area contributed by atoms with Gasteiger partial charge in [0.15, 0.2) is 0 Å². The van der Waals surface area contributed by atoms with Crippen LogP contribution >= 0.6 is 11.6 Å². The van der Waals surface area contributed by atoms with Crippen molar-refractivity contribution in [3.63, 3.8) is 0 Å². The van der Waals surface area contributed by atoms with Gasteiger partial charge < -0.3 is 21.1 Å². The van der Waals surface area contributed by atoms with E-state index < -0.39 is 6.04 Å². The van der Waals surface area contributed by atoms with Gasteiger partial charge >= 0.3 is 0 Å². The van der Waals surface area contributed by atoms with Gasteiger partial charge in [0.25, 0.3) is 5.91 Å². The van der Waals surface area contributed by atoms with E-state index in [1.807, 2.05) is 0 Å². The minimum absolute atomic E-state index is 0.115. The molecule has 2 fully saturated rings. The highest BCUT2D eigenvalue weighted by Gasteiger charge is 2.27. The number of carbonyl (C=O) groups excluding carboxylic acids is 2. The Kier molecular flexibility index (Phi) is 5.38. The largest absolute Gasteiger partial charge is 0.381 e. The van der Waals surface area contributed by atoms with Crippen molar-refractivity contribution >= 4 is 29.1 Å². The second-order valence-corrected chi connectivity index (χ2v) is 6.81. The lowest BCUT2D eigenvalue weighted by Crippen LogP contribution is -2.44. The first-order valence-corrected chi connectivity index (χ1v) is 8.67. The van der Waals surface area contributed by atoms with Crippen LogP contribution in [0.1, 0.15) is 36.0 Å². The summed E-state index contributed by atoms with van der Waals surface area (Å²) >= 11 is 6.10. The number of hydrogen-bond acceptors (Lipinski definition) is 4. The molecular formula is C17H22ClN3O3. The summed E-state index contributed by atoms with van der Waals surface area (Å²) in [5.74, 6) is -0.353. The molecule has 1 unspecified atom stereocenters. The summed E-state index contributed by atoms with van der Waals surface area (Å²) in [6.45, 7) is 1.27. The molecule has 1 heterocycles. The van der Waals surface area contributed by atoms with Gasteiger partial charge in [0.1, 0.15) is 0 Å². The topological polar surface area (TPSA) is 93.5 Å². The van der Waals surface area contributed by atoms with Crippen LogP contribution < -0.4 is 16.4 Å². The number of rotatable bonds is 5. The first-order chi connectivity index (χ1) is 11.5. The standard InChI is InChI=1S/C17H22ClN3O3/c18-14-4-3-12(9-13(14)16(22)20-11-1-2-11)21-17(23)15(19)10-5-7-24-8-6-10/h3-4,9-11,15H,1-2,5-8,19H2,(H,20,22)(H,21,23). The number of amides is 2. The van der Waals surface area contributed by atoms with E-state index in [0.29, 0.717) is 29.5 Å². The van der Waals surface area contributed by atoms with Gasteiger partial charge in [0.2, 0.25) is 5.91 Å². The highest BCUT2D eigenvalue weighted by atomic mass is 35.5. The van der Waals surface area contributed by atoms with Gasteiger partial charge in [0.05, 0.1) is 16.6 Å². The van der Waals surface area contributed by atoms with Crippen molar-refractivity contribution in [2.45, 2.75) is 37.8 Å². The van der Waals surface area contributed by atoms with Crippen LogP contribution in [0.25, 0.3) is 0 Å². The Balaban J connectivity index is 1.65. The highest BCUT2D eigenvalue weighted by molar-refractivity contribution is 6.34. The fourth-order valence-corrected chi connectivity index (χ4v) is 2.99. The maximum Gasteiger partial charge on any atom is 0.253 e. The zero-order valence-electron chi connectivity index (χ0n) is 13.4. The Morgan fingerprint density at radius 1 is 1.21 bits per heavy atom. The molecule has 24 heavy (non-hydrogen) atoms. The van der Waals surface area contributed by atoms with Crippen LogP contribution in [-0.2, 0) is 9.53 Å². The fourth-order valence-electron chi connectivity index (χ4n) is 2.78. The first-order valence-electron chi connectivity index (χ1n) is 8.29. The first kappa shape index (κ1) is 17.2. The molecule has 6 nitrogen and oxygen atoms in total. The predicted octanol–water partition coefficient (Wildman–Crippen LogP) is 1.92. The Bertz CT molecular complexity index is 628. The molecule has 1 aliphatic heterocycles. The van der Waals surface area contributed by atoms with Crippen molar-refractivity contribution in [2.24, 2.45) is 11.7 Å². The second kappa shape index (κ2) is 7.51. The van der Waals surface area contributed by atoms with Crippen LogP contribution in [0.15, 0.2) is 18.2 Å². The average molecular weight is 352 g/mol. The third-order valence-electron chi connectivity index (χ3n) is 4.47. The van der Waals surface area contributed by atoms with E-state index in [9.17, 15) is 9.59 Å². The van der Waals surface area contributed by atoms with Crippen LogP contribution in [0.5, 0.6) is 0 Å². The van der Waals surface area contributed by atoms with E-state index in [1.165, 1.54) is 0 Å². The van der Waals surface area contributed by atoms with Gasteiger partial charge in [-0.1, -0.05) is 11.6 Å². The molecule has 0 bridgehead atoms. The molecule has 1 saturated carbocycles. The third kappa shape index (κ3) is 4.26. The minimum atomic E-state index is -0.590. The lowest BCUT2D eigenvalue weighted by molar-refractivity contribution is -0.119. The molecule has 0 aromatic heterocycles. The lowest BCUT2D eigenvalue weighted by Gasteiger charge is -2.26. The van der Waals surface area contributed by atoms with E-state index in [0.717, 1.165) is 25.7 Å². The lowest BCUT2D eigenvalue weighted by atomic mass is 9.92. The summed E-state index contributed by atoms with van der Waals surface area (Å²) in [5.41, 5.74) is 6.95. The molecule has 1 saturated heterocycles. The van der Waals surface area contributed by atoms with Crippen molar-refractivity contribution < 1.29 is 14.3 Å². The summed E-state index contributed by atoms with van der Waals surface area (Å²) in [5, 5.41) is 6.04. The Hall–Kier alpha value is -1.63. The van der Waals surface area contributed by atoms with E-state index in [-0.39, 0.29) is 23.8 Å². The third-order valence-corrected chi connectivity index (χ3v) is 4.80. The van der Waals surface area contributed by atoms with Crippen LogP contribution in [0.3, 0.4) is 0 Å². The van der Waals surface area contributed by atoms with Crippen molar-refractivity contribution in [1.29, 1.82) is 0 Å². The van der Waals surface area contributed by atoms with Crippen LogP contribution in [0.4, 0.5) is 5.69 Å². The summed E-state index contributed by atoms with van der Waals surface area (Å²) in [6.07, 6.45) is 3.56. The predicted molar refractivity (Wildman–Crippen MR) is 92.1 cm³/mol. The van der Waals surface area contributed by atoms with E-state index >= 15 is 0 Å². The average Bonchev–Trinajstić information content (AvgIpc) is 3.40. The van der Waals surface area contributed by atoms with Gasteiger partial charge in [-0.2, -0.15) is 0 Å². The number of benzene rings is 1. The van der Waals surface area contributed by atoms with Gasteiger partial charge in [-0.25, -0.2) is 0 Å².